The quantitative estimate of drug-likeness (QED) is 0.101. The van der Waals surface area contributed by atoms with Gasteiger partial charge in [-0.25, -0.2) is 4.79 Å². The van der Waals surface area contributed by atoms with E-state index in [9.17, 15) is 39.3 Å². The summed E-state index contributed by atoms with van der Waals surface area (Å²) in [7, 11) is 6.79. The minimum atomic E-state index is -2.30. The molecule has 0 aliphatic carbocycles. The first-order valence-corrected chi connectivity index (χ1v) is 24.4. The molecule has 5 heterocycles. The number of ether oxygens (including phenoxy) is 2. The average molecular weight is 979 g/mol. The topological polar surface area (TPSA) is 219 Å². The number of carbonyl (C=O) groups excluding carboxylic acids is 5. The molecule has 5 N–H and O–H groups in total. The molecule has 6 bridgehead atoms. The van der Waals surface area contributed by atoms with E-state index in [1.165, 1.54) is 24.1 Å². The zero-order chi connectivity index (χ0) is 51.6. The molecule has 2 aromatic heterocycles. The van der Waals surface area contributed by atoms with Crippen molar-refractivity contribution < 1.29 is 48.8 Å². The van der Waals surface area contributed by atoms with Gasteiger partial charge in [-0.05, 0) is 97.9 Å². The van der Waals surface area contributed by atoms with Crippen molar-refractivity contribution in [1.82, 2.24) is 40.0 Å². The molecule has 2 fully saturated rings. The predicted octanol–water partition coefficient (Wildman–Crippen LogP) is 3.77. The second-order valence-corrected chi connectivity index (χ2v) is 20.7. The van der Waals surface area contributed by atoms with Gasteiger partial charge in [0.25, 0.3) is 11.8 Å². The van der Waals surface area contributed by atoms with Crippen molar-refractivity contribution >= 4 is 40.5 Å². The molecular weight excluding hydrogens is 909 g/mol. The monoisotopic (exact) mass is 979 g/mol. The van der Waals surface area contributed by atoms with Crippen molar-refractivity contribution in [1.29, 1.82) is 0 Å². The Hall–Kier alpha value is -6.18. The summed E-state index contributed by atoms with van der Waals surface area (Å²) in [5.41, 5.74) is 4.38. The lowest BCUT2D eigenvalue weighted by atomic mass is 9.84. The number of likely N-dealkylation sites (tertiary alicyclic amines) is 1. The fourth-order valence-electron chi connectivity index (χ4n) is 10.2. The number of likely N-dealkylation sites (N-methyl/N-ethyl adjacent to an activating group) is 2. The van der Waals surface area contributed by atoms with Crippen LogP contribution in [0.3, 0.4) is 0 Å². The Bertz CT molecular complexity index is 2700. The van der Waals surface area contributed by atoms with E-state index >= 15 is 0 Å². The van der Waals surface area contributed by atoms with Gasteiger partial charge in [-0.2, -0.15) is 5.43 Å². The van der Waals surface area contributed by atoms with Crippen LogP contribution in [0.1, 0.15) is 70.6 Å². The van der Waals surface area contributed by atoms with E-state index in [0.29, 0.717) is 37.2 Å². The number of aromatic hydroxyl groups is 1. The summed E-state index contributed by atoms with van der Waals surface area (Å²) < 4.78 is 13.8. The maximum absolute atomic E-state index is 14.8. The van der Waals surface area contributed by atoms with Gasteiger partial charge in [-0.1, -0.05) is 45.9 Å². The Balaban J connectivity index is 1.28. The van der Waals surface area contributed by atoms with Gasteiger partial charge < -0.3 is 49.4 Å². The molecule has 4 aromatic rings. The van der Waals surface area contributed by atoms with Crippen LogP contribution in [0.5, 0.6) is 5.75 Å². The number of nitrogens with one attached hydrogen (secondary N) is 2. The van der Waals surface area contributed by atoms with Gasteiger partial charge in [-0.3, -0.25) is 29.2 Å². The summed E-state index contributed by atoms with van der Waals surface area (Å²) in [6.07, 6.45) is 7.06. The molecule has 0 radical (unpaired) electrons. The third kappa shape index (κ3) is 11.3. The number of hydrogen-bond donors (Lipinski definition) is 5. The molecule has 18 heteroatoms. The number of aliphatic hydroxyl groups is 2. The number of cyclic esters (lactones) is 1. The Morgan fingerprint density at radius 1 is 1.04 bits per heavy atom. The maximum atomic E-state index is 14.8. The SMILES string of the molecule is CCn1c(-c2cnccc2COC)c2c3cc(ccc31)-c1cc(O)cc(c1)C[C@H](NC(=O)[C@H](C(C)C)N(C)C(=O)C1(O)CCN(C(=O)/C=C/CN(C)C)C1)C(=O)N1CCC[C@@](O)(N1)C(=O)OCC(C)(C)C2. The van der Waals surface area contributed by atoms with Gasteiger partial charge in [0.1, 0.15) is 17.8 Å². The van der Waals surface area contributed by atoms with Gasteiger partial charge in [0, 0.05) is 100.0 Å². The van der Waals surface area contributed by atoms with Crippen LogP contribution in [-0.2, 0) is 59.4 Å². The first-order valence-electron chi connectivity index (χ1n) is 24.4. The van der Waals surface area contributed by atoms with Gasteiger partial charge in [-0.15, -0.1) is 0 Å². The average Bonchev–Trinajstić information content (AvgIpc) is 3.87. The van der Waals surface area contributed by atoms with Crippen molar-refractivity contribution in [3.63, 3.8) is 0 Å². The number of carbonyl (C=O) groups is 5. The number of methoxy groups -OCH3 is 1. The molecule has 4 amide bonds. The number of nitrogens with zero attached hydrogens (tertiary/aromatic N) is 6. The van der Waals surface area contributed by atoms with Gasteiger partial charge in [0.2, 0.25) is 17.5 Å². The fourth-order valence-corrected chi connectivity index (χ4v) is 10.2. The third-order valence-electron chi connectivity index (χ3n) is 13.7. The normalized spacial score (nSPS) is 22.2. The largest absolute Gasteiger partial charge is 0.508 e. The van der Waals surface area contributed by atoms with E-state index in [4.69, 9.17) is 9.47 Å². The minimum Gasteiger partial charge on any atom is -0.508 e. The first kappa shape index (κ1) is 52.6. The number of rotatable bonds is 12. The number of esters is 1. The Morgan fingerprint density at radius 2 is 1.80 bits per heavy atom. The van der Waals surface area contributed by atoms with E-state index < -0.39 is 58.4 Å². The van der Waals surface area contributed by atoms with Gasteiger partial charge in [0.05, 0.1) is 25.5 Å². The van der Waals surface area contributed by atoms with Gasteiger partial charge in [0.15, 0.2) is 5.60 Å². The lowest BCUT2D eigenvalue weighted by molar-refractivity contribution is -0.189. The van der Waals surface area contributed by atoms with Crippen molar-refractivity contribution in [2.75, 3.05) is 61.0 Å². The molecule has 71 heavy (non-hydrogen) atoms. The molecule has 3 aliphatic heterocycles. The number of amides is 4. The highest BCUT2D eigenvalue weighted by atomic mass is 16.6. The zero-order valence-corrected chi connectivity index (χ0v) is 42.5. The molecule has 0 saturated carbocycles. The molecule has 18 nitrogen and oxygen atoms in total. The second kappa shape index (κ2) is 21.3. The highest BCUT2D eigenvalue weighted by molar-refractivity contribution is 5.97. The van der Waals surface area contributed by atoms with Crippen molar-refractivity contribution in [3.8, 4) is 28.1 Å². The smallest absolute Gasteiger partial charge is 0.355 e. The molecule has 1 unspecified atom stereocenters. The third-order valence-corrected chi connectivity index (χ3v) is 13.7. The Labute approximate surface area is 415 Å². The standard InChI is InChI=1S/C53H70N8O10/c1-10-60-43-15-14-35-27-39(43)40(46(60)41-29-54-19-16-36(41)30-70-9)28-51(4,5)32-71-50(67)53(69)17-12-21-61(56-53)48(65)42(25-34-23-37(35)26-38(62)24-34)55-47(64)45(33(2)3)58(8)49(66)52(68)18-22-59(31-52)44(63)13-11-20-57(6)7/h11,13-16,19,23-24,26-27,29,33,42,45,56,62,68-69H,10,12,17-18,20-22,25,28,30-32H2,1-9H3,(H,55,64)/b13-11+/t42-,45-,52?,53-/m0/s1. The fraction of sp³-hybridized carbons (Fsp3) is 0.509. The maximum Gasteiger partial charge on any atom is 0.355 e. The molecule has 4 atom stereocenters. The number of aromatic nitrogens is 2. The highest BCUT2D eigenvalue weighted by Crippen LogP contribution is 2.41. The molecule has 2 saturated heterocycles. The molecule has 0 spiro atoms. The summed E-state index contributed by atoms with van der Waals surface area (Å²) in [6.45, 7) is 10.8. The van der Waals surface area contributed by atoms with Crippen LogP contribution in [0, 0.1) is 11.3 Å². The lowest BCUT2D eigenvalue weighted by Gasteiger charge is -2.40. The Morgan fingerprint density at radius 3 is 2.51 bits per heavy atom. The van der Waals surface area contributed by atoms with Crippen LogP contribution in [0.25, 0.3) is 33.3 Å². The number of benzene rings is 2. The predicted molar refractivity (Wildman–Crippen MR) is 267 cm³/mol. The van der Waals surface area contributed by atoms with Crippen LogP contribution in [0.2, 0.25) is 0 Å². The number of hydrogen-bond acceptors (Lipinski definition) is 13. The van der Waals surface area contributed by atoms with Crippen LogP contribution in [0.15, 0.2) is 67.0 Å². The van der Waals surface area contributed by atoms with Gasteiger partial charge >= 0.3 is 5.97 Å². The zero-order valence-electron chi connectivity index (χ0n) is 42.5. The Kier molecular flexibility index (Phi) is 15.8. The van der Waals surface area contributed by atoms with Crippen LogP contribution < -0.4 is 10.7 Å². The van der Waals surface area contributed by atoms with E-state index in [-0.39, 0.29) is 63.6 Å². The second-order valence-electron chi connectivity index (χ2n) is 20.7. The number of β-amino-alcohol motifs (C(OH)–C–C–N with tert-alkyl or cyclic N) is 1. The highest BCUT2D eigenvalue weighted by Gasteiger charge is 2.49. The van der Waals surface area contributed by atoms with Crippen LogP contribution in [-0.4, -0.2) is 159 Å². The summed E-state index contributed by atoms with van der Waals surface area (Å²) in [4.78, 5) is 79.6. The summed E-state index contributed by atoms with van der Waals surface area (Å²) in [6, 6.07) is 10.5. The van der Waals surface area contributed by atoms with Crippen LogP contribution in [0.4, 0.5) is 0 Å². The van der Waals surface area contributed by atoms with Crippen molar-refractivity contribution in [2.45, 2.75) is 103 Å². The molecular formula is C53H70N8O10. The van der Waals surface area contributed by atoms with E-state index in [1.807, 2.05) is 63.3 Å². The number of pyridine rings is 1. The van der Waals surface area contributed by atoms with Crippen molar-refractivity contribution in [3.05, 3.63) is 83.7 Å². The van der Waals surface area contributed by atoms with E-state index in [2.05, 4.69) is 33.3 Å². The number of hydrazine groups is 1. The van der Waals surface area contributed by atoms with E-state index in [0.717, 1.165) is 48.8 Å². The number of phenols is 1. The number of phenolic OH excluding ortho intramolecular Hbond substituents is 1. The number of fused-ring (bicyclic) bond motifs is 6. The summed E-state index contributed by atoms with van der Waals surface area (Å²) in [5, 5.41) is 39.9. The molecule has 3 aliphatic rings. The summed E-state index contributed by atoms with van der Waals surface area (Å²) in [5.74, 6) is -4.07. The van der Waals surface area contributed by atoms with E-state index in [1.54, 1.807) is 39.3 Å². The molecule has 382 valence electrons. The minimum absolute atomic E-state index is 0.0417. The first-order chi connectivity index (χ1) is 33.6. The molecule has 2 aromatic carbocycles. The molecule has 7 rings (SSSR count). The van der Waals surface area contributed by atoms with Crippen molar-refractivity contribution in [2.24, 2.45) is 11.3 Å². The van der Waals surface area contributed by atoms with Crippen LogP contribution >= 0.6 is 0 Å². The summed E-state index contributed by atoms with van der Waals surface area (Å²) >= 11 is 0. The number of aryl methyl sites for hydroxylation is 1. The lowest BCUT2D eigenvalue weighted by Crippen LogP contribution is -2.67.